The van der Waals surface area contributed by atoms with E-state index in [1.54, 1.807) is 0 Å². The zero-order valence-corrected chi connectivity index (χ0v) is 23.1. The highest BCUT2D eigenvalue weighted by Crippen LogP contribution is 2.34. The topological polar surface area (TPSA) is 46.5 Å². The quantitative estimate of drug-likeness (QED) is 0.284. The Morgan fingerprint density at radius 1 is 0.639 bits per heavy atom. The molecule has 36 heavy (non-hydrogen) atoms. The number of aryl methyl sites for hydroxylation is 7. The molecule has 0 spiro atoms. The molecule has 1 N–H and O–H groups in total. The first-order valence-electron chi connectivity index (χ1n) is 13.4. The SMILES string of the molecule is CCc1cc2[nH]c1c(C)c1c(CC)c(CC)c(c(C)c3nc(c(C)c4nc(c2C)C=C4)C=C3)n1CC. The van der Waals surface area contributed by atoms with Crippen molar-refractivity contribution < 1.29 is 0 Å². The van der Waals surface area contributed by atoms with Crippen LogP contribution in [0.2, 0.25) is 0 Å². The third-order valence-corrected chi connectivity index (χ3v) is 8.09. The van der Waals surface area contributed by atoms with Gasteiger partial charge in [-0.05, 0) is 118 Å². The number of hydrogen-bond donors (Lipinski definition) is 1. The Bertz CT molecular complexity index is 1610. The van der Waals surface area contributed by atoms with Gasteiger partial charge in [-0.1, -0.05) is 20.8 Å². The molecular formula is C32H38N4. The molecule has 4 heteroatoms. The Kier molecular flexibility index (Phi) is 6.23. The van der Waals surface area contributed by atoms with Crippen LogP contribution >= 0.6 is 0 Å². The van der Waals surface area contributed by atoms with Crippen LogP contribution in [0.25, 0.3) is 46.4 Å². The van der Waals surface area contributed by atoms with Crippen molar-refractivity contribution in [3.8, 4) is 0 Å². The van der Waals surface area contributed by atoms with Gasteiger partial charge in [-0.3, -0.25) is 0 Å². The summed E-state index contributed by atoms with van der Waals surface area (Å²) in [5, 5.41) is 0. The Morgan fingerprint density at radius 2 is 1.14 bits per heavy atom. The van der Waals surface area contributed by atoms with Gasteiger partial charge in [0.25, 0.3) is 0 Å². The van der Waals surface area contributed by atoms with E-state index in [1.807, 2.05) is 0 Å². The molecule has 2 aliphatic heterocycles. The van der Waals surface area contributed by atoms with Gasteiger partial charge in [-0.15, -0.1) is 0 Å². The van der Waals surface area contributed by atoms with Gasteiger partial charge in [0.2, 0.25) is 0 Å². The maximum Gasteiger partial charge on any atom is 0.0688 e. The summed E-state index contributed by atoms with van der Waals surface area (Å²) in [5.41, 5.74) is 18.3. The predicted molar refractivity (Wildman–Crippen MR) is 155 cm³/mol. The van der Waals surface area contributed by atoms with E-state index >= 15 is 0 Å². The average molecular weight is 479 g/mol. The van der Waals surface area contributed by atoms with Crippen LogP contribution in [0.3, 0.4) is 0 Å². The van der Waals surface area contributed by atoms with Gasteiger partial charge in [0.05, 0.1) is 22.8 Å². The molecule has 4 nitrogen and oxygen atoms in total. The molecule has 5 heterocycles. The van der Waals surface area contributed by atoms with Crippen LogP contribution in [0.15, 0.2) is 6.07 Å². The molecule has 0 radical (unpaired) electrons. The van der Waals surface area contributed by atoms with Crippen molar-refractivity contribution in [2.24, 2.45) is 0 Å². The third kappa shape index (κ3) is 3.57. The Hall–Kier alpha value is -3.40. The summed E-state index contributed by atoms with van der Waals surface area (Å²) in [5.74, 6) is 0. The molecule has 0 fully saturated rings. The van der Waals surface area contributed by atoms with E-state index in [0.29, 0.717) is 0 Å². The Morgan fingerprint density at radius 3 is 1.64 bits per heavy atom. The predicted octanol–water partition coefficient (Wildman–Crippen LogP) is 8.07. The van der Waals surface area contributed by atoms with Gasteiger partial charge in [-0.2, -0.15) is 0 Å². The van der Waals surface area contributed by atoms with E-state index in [0.717, 1.165) is 59.7 Å². The van der Waals surface area contributed by atoms with Gasteiger partial charge >= 0.3 is 0 Å². The fourth-order valence-corrected chi connectivity index (χ4v) is 6.04. The minimum absolute atomic E-state index is 0.921. The van der Waals surface area contributed by atoms with Crippen molar-refractivity contribution in [3.63, 3.8) is 0 Å². The van der Waals surface area contributed by atoms with Gasteiger partial charge in [0, 0.05) is 34.2 Å². The van der Waals surface area contributed by atoms with Gasteiger partial charge in [0.15, 0.2) is 0 Å². The van der Waals surface area contributed by atoms with Crippen molar-refractivity contribution in [2.75, 3.05) is 0 Å². The number of H-pyrrole nitrogens is 1. The monoisotopic (exact) mass is 478 g/mol. The highest BCUT2D eigenvalue weighted by molar-refractivity contribution is 5.87. The fourth-order valence-electron chi connectivity index (χ4n) is 6.04. The lowest BCUT2D eigenvalue weighted by Crippen LogP contribution is -1.98. The smallest absolute Gasteiger partial charge is 0.0688 e. The molecule has 0 atom stereocenters. The van der Waals surface area contributed by atoms with Crippen LogP contribution in [-0.2, 0) is 25.8 Å². The Labute approximate surface area is 214 Å². The molecule has 3 aromatic heterocycles. The zero-order valence-electron chi connectivity index (χ0n) is 23.1. The molecule has 0 unspecified atom stereocenters. The van der Waals surface area contributed by atoms with Gasteiger partial charge < -0.3 is 9.55 Å². The molecule has 5 rings (SSSR count). The molecule has 0 amide bonds. The van der Waals surface area contributed by atoms with Crippen LogP contribution < -0.4 is 0 Å². The molecule has 3 aromatic rings. The van der Waals surface area contributed by atoms with E-state index < -0.39 is 0 Å². The minimum atomic E-state index is 0.921. The lowest BCUT2D eigenvalue weighted by Gasteiger charge is -2.09. The third-order valence-electron chi connectivity index (χ3n) is 8.09. The van der Waals surface area contributed by atoms with Crippen LogP contribution in [0.4, 0.5) is 0 Å². The molecule has 0 aromatic carbocycles. The lowest BCUT2D eigenvalue weighted by atomic mass is 10.0. The number of nitrogens with one attached hydrogen (secondary N) is 1. The number of fused-ring (bicyclic) bond motifs is 8. The molecule has 0 saturated heterocycles. The van der Waals surface area contributed by atoms with Crippen molar-refractivity contribution in [1.29, 1.82) is 0 Å². The Balaban J connectivity index is 2.12. The average Bonchev–Trinajstić information content (AvgIpc) is 3.69. The number of aromatic nitrogens is 4. The number of nitrogens with zero attached hydrogens (tertiary/aromatic N) is 3. The van der Waals surface area contributed by atoms with Crippen molar-refractivity contribution >= 4 is 46.4 Å². The summed E-state index contributed by atoms with van der Waals surface area (Å²) in [7, 11) is 0. The van der Waals surface area contributed by atoms with Gasteiger partial charge in [-0.25, -0.2) is 9.97 Å². The summed E-state index contributed by atoms with van der Waals surface area (Å²) in [6.07, 6.45) is 11.6. The molecule has 0 saturated carbocycles. The van der Waals surface area contributed by atoms with Gasteiger partial charge in [0.1, 0.15) is 0 Å². The van der Waals surface area contributed by atoms with Crippen molar-refractivity contribution in [3.05, 3.63) is 67.8 Å². The number of rotatable bonds is 4. The van der Waals surface area contributed by atoms with E-state index in [1.165, 1.54) is 49.9 Å². The first-order valence-corrected chi connectivity index (χ1v) is 13.4. The van der Waals surface area contributed by atoms with E-state index in [9.17, 15) is 0 Å². The molecule has 186 valence electrons. The summed E-state index contributed by atoms with van der Waals surface area (Å²) < 4.78 is 2.54. The molecule has 2 aliphatic rings. The summed E-state index contributed by atoms with van der Waals surface area (Å²) in [6.45, 7) is 18.9. The summed E-state index contributed by atoms with van der Waals surface area (Å²) in [4.78, 5) is 13.9. The molecular weight excluding hydrogens is 440 g/mol. The fraction of sp³-hybridized carbons (Fsp3) is 0.375. The lowest BCUT2D eigenvalue weighted by molar-refractivity contribution is 0.816. The highest BCUT2D eigenvalue weighted by atomic mass is 15.0. The first kappa shape index (κ1) is 24.3. The van der Waals surface area contributed by atoms with Crippen molar-refractivity contribution in [1.82, 2.24) is 19.5 Å². The second kappa shape index (κ2) is 9.24. The van der Waals surface area contributed by atoms with E-state index in [4.69, 9.17) is 9.97 Å². The van der Waals surface area contributed by atoms with Crippen molar-refractivity contribution in [2.45, 2.75) is 81.2 Å². The van der Waals surface area contributed by atoms with Crippen LogP contribution in [0.5, 0.6) is 0 Å². The highest BCUT2D eigenvalue weighted by Gasteiger charge is 2.20. The van der Waals surface area contributed by atoms with Crippen LogP contribution in [0.1, 0.15) is 89.4 Å². The maximum absolute atomic E-state index is 5.11. The molecule has 0 aliphatic carbocycles. The zero-order chi connectivity index (χ0) is 25.7. The largest absolute Gasteiger partial charge is 0.355 e. The normalized spacial score (nSPS) is 12.7. The van der Waals surface area contributed by atoms with Crippen LogP contribution in [-0.4, -0.2) is 19.5 Å². The summed E-state index contributed by atoms with van der Waals surface area (Å²) >= 11 is 0. The molecule has 8 bridgehead atoms. The second-order valence-corrected chi connectivity index (χ2v) is 9.97. The maximum atomic E-state index is 5.11. The second-order valence-electron chi connectivity index (χ2n) is 9.97. The number of hydrogen-bond acceptors (Lipinski definition) is 2. The number of aromatic amines is 1. The standard InChI is InChI=1S/C32H38N4/c1-9-22-17-29-19(6)27-14-13-25(33-27)18(5)26-15-16-28(34-26)20(7)31-23(10-2)24(11-3)32(36(31)12-4)21(8)30(22)35-29/h13-17,35H,9-12H2,1-8H3. The van der Waals surface area contributed by atoms with E-state index in [2.05, 4.69) is 95.3 Å². The van der Waals surface area contributed by atoms with Crippen LogP contribution in [0, 0.1) is 27.7 Å². The van der Waals surface area contributed by atoms with E-state index in [-0.39, 0.29) is 0 Å². The summed E-state index contributed by atoms with van der Waals surface area (Å²) in [6, 6.07) is 2.33. The first-order chi connectivity index (χ1) is 17.3. The minimum Gasteiger partial charge on any atom is -0.355 e.